The van der Waals surface area contributed by atoms with Crippen molar-refractivity contribution in [2.45, 2.75) is 25.4 Å². The van der Waals surface area contributed by atoms with Gasteiger partial charge in [0.25, 0.3) is 0 Å². The first kappa shape index (κ1) is 18.3. The van der Waals surface area contributed by atoms with Crippen molar-refractivity contribution in [1.29, 1.82) is 0 Å². The van der Waals surface area contributed by atoms with Crippen LogP contribution in [-0.2, 0) is 11.3 Å². The van der Waals surface area contributed by atoms with Gasteiger partial charge in [-0.25, -0.2) is 8.78 Å². The van der Waals surface area contributed by atoms with Crippen molar-refractivity contribution in [2.24, 2.45) is 0 Å². The van der Waals surface area contributed by atoms with Crippen LogP contribution in [0.4, 0.5) is 14.5 Å². The molecule has 1 amide bonds. The van der Waals surface area contributed by atoms with Crippen LogP contribution in [-0.4, -0.2) is 29.9 Å². The lowest BCUT2D eigenvalue weighted by molar-refractivity contribution is -0.119. The van der Waals surface area contributed by atoms with Gasteiger partial charge in [-0.1, -0.05) is 30.3 Å². The molecule has 1 fully saturated rings. The van der Waals surface area contributed by atoms with Gasteiger partial charge in [0.05, 0.1) is 6.54 Å². The molecule has 0 radical (unpaired) electrons. The third-order valence-corrected chi connectivity index (χ3v) is 4.47. The summed E-state index contributed by atoms with van der Waals surface area (Å²) < 4.78 is 27.1. The SMILES string of the molecule is C=CCN(C(=O)CN(Cc1ccc(F)cc1F)C1CC1)c1ccccc1. The van der Waals surface area contributed by atoms with Crippen LogP contribution in [0.15, 0.2) is 61.2 Å². The van der Waals surface area contributed by atoms with Crippen molar-refractivity contribution in [3.8, 4) is 0 Å². The van der Waals surface area contributed by atoms with E-state index in [2.05, 4.69) is 6.58 Å². The zero-order chi connectivity index (χ0) is 18.5. The minimum Gasteiger partial charge on any atom is -0.308 e. The van der Waals surface area contributed by atoms with Crippen LogP contribution in [0.1, 0.15) is 18.4 Å². The molecule has 0 aromatic heterocycles. The Morgan fingerprint density at radius 2 is 1.88 bits per heavy atom. The maximum atomic E-state index is 14.0. The minimum atomic E-state index is -0.596. The number of halogens is 2. The highest BCUT2D eigenvalue weighted by atomic mass is 19.1. The number of nitrogens with zero attached hydrogens (tertiary/aromatic N) is 2. The maximum Gasteiger partial charge on any atom is 0.241 e. The fraction of sp³-hybridized carbons (Fsp3) is 0.286. The quantitative estimate of drug-likeness (QED) is 0.664. The van der Waals surface area contributed by atoms with Crippen LogP contribution in [0, 0.1) is 11.6 Å². The lowest BCUT2D eigenvalue weighted by Crippen LogP contribution is -2.41. The maximum absolute atomic E-state index is 14.0. The molecule has 0 N–H and O–H groups in total. The van der Waals surface area contributed by atoms with Gasteiger partial charge < -0.3 is 4.90 Å². The summed E-state index contributed by atoms with van der Waals surface area (Å²) in [5.74, 6) is -1.24. The first-order valence-electron chi connectivity index (χ1n) is 8.73. The van der Waals surface area contributed by atoms with Crippen LogP contribution in [0.5, 0.6) is 0 Å². The summed E-state index contributed by atoms with van der Waals surface area (Å²) >= 11 is 0. The number of carbonyl (C=O) groups is 1. The second-order valence-corrected chi connectivity index (χ2v) is 6.50. The molecule has 0 aliphatic heterocycles. The third kappa shape index (κ3) is 4.55. The van der Waals surface area contributed by atoms with E-state index in [1.807, 2.05) is 35.2 Å². The molecule has 5 heteroatoms. The molecule has 0 spiro atoms. The van der Waals surface area contributed by atoms with Crippen molar-refractivity contribution >= 4 is 11.6 Å². The highest BCUT2D eigenvalue weighted by Gasteiger charge is 2.32. The fourth-order valence-electron chi connectivity index (χ4n) is 2.97. The van der Waals surface area contributed by atoms with Crippen molar-refractivity contribution in [3.05, 3.63) is 78.4 Å². The molecular weight excluding hydrogens is 334 g/mol. The zero-order valence-corrected chi connectivity index (χ0v) is 14.6. The van der Waals surface area contributed by atoms with E-state index in [0.29, 0.717) is 18.7 Å². The number of anilines is 1. The molecule has 2 aromatic carbocycles. The molecule has 0 atom stereocenters. The van der Waals surface area contributed by atoms with E-state index >= 15 is 0 Å². The molecule has 1 aliphatic rings. The Morgan fingerprint density at radius 3 is 2.50 bits per heavy atom. The van der Waals surface area contributed by atoms with Gasteiger partial charge in [-0.05, 0) is 31.0 Å². The van der Waals surface area contributed by atoms with Crippen molar-refractivity contribution in [2.75, 3.05) is 18.0 Å². The summed E-state index contributed by atoms with van der Waals surface area (Å²) in [6.45, 7) is 4.61. The van der Waals surface area contributed by atoms with Crippen molar-refractivity contribution in [1.82, 2.24) is 4.90 Å². The van der Waals surface area contributed by atoms with E-state index in [9.17, 15) is 13.6 Å². The van der Waals surface area contributed by atoms with E-state index < -0.39 is 11.6 Å². The summed E-state index contributed by atoms with van der Waals surface area (Å²) in [6.07, 6.45) is 3.66. The van der Waals surface area contributed by atoms with E-state index in [4.69, 9.17) is 0 Å². The molecule has 0 unspecified atom stereocenters. The molecule has 0 heterocycles. The molecule has 1 aliphatic carbocycles. The molecular formula is C21H22F2N2O. The van der Waals surface area contributed by atoms with Crippen LogP contribution >= 0.6 is 0 Å². The Bertz CT molecular complexity index is 775. The number of amides is 1. The van der Waals surface area contributed by atoms with Crippen LogP contribution in [0.3, 0.4) is 0 Å². The van der Waals surface area contributed by atoms with Gasteiger partial charge in [0.1, 0.15) is 11.6 Å². The van der Waals surface area contributed by atoms with Crippen LogP contribution < -0.4 is 4.90 Å². The molecule has 0 bridgehead atoms. The van der Waals surface area contributed by atoms with E-state index in [1.165, 1.54) is 12.1 Å². The van der Waals surface area contributed by atoms with Gasteiger partial charge >= 0.3 is 0 Å². The van der Waals surface area contributed by atoms with E-state index in [1.54, 1.807) is 11.0 Å². The van der Waals surface area contributed by atoms with Gasteiger partial charge in [-0.2, -0.15) is 0 Å². The highest BCUT2D eigenvalue weighted by Crippen LogP contribution is 2.29. The Balaban J connectivity index is 1.74. The number of para-hydroxylation sites is 1. The van der Waals surface area contributed by atoms with Crippen molar-refractivity contribution < 1.29 is 13.6 Å². The normalized spacial score (nSPS) is 13.7. The minimum absolute atomic E-state index is 0.0643. The third-order valence-electron chi connectivity index (χ3n) is 4.47. The van der Waals surface area contributed by atoms with E-state index in [0.717, 1.165) is 24.6 Å². The summed E-state index contributed by atoms with van der Waals surface area (Å²) in [6, 6.07) is 13.3. The largest absolute Gasteiger partial charge is 0.308 e. The number of rotatable bonds is 8. The molecule has 3 rings (SSSR count). The first-order valence-corrected chi connectivity index (χ1v) is 8.73. The van der Waals surface area contributed by atoms with Gasteiger partial charge in [0, 0.05) is 36.4 Å². The number of hydrogen-bond acceptors (Lipinski definition) is 2. The highest BCUT2D eigenvalue weighted by molar-refractivity contribution is 5.95. The Morgan fingerprint density at radius 1 is 1.15 bits per heavy atom. The van der Waals surface area contributed by atoms with Gasteiger partial charge in [-0.15, -0.1) is 6.58 Å². The Labute approximate surface area is 152 Å². The molecule has 1 saturated carbocycles. The second-order valence-electron chi connectivity index (χ2n) is 6.50. The fourth-order valence-corrected chi connectivity index (χ4v) is 2.97. The van der Waals surface area contributed by atoms with Gasteiger partial charge in [-0.3, -0.25) is 9.69 Å². The van der Waals surface area contributed by atoms with Crippen molar-refractivity contribution in [3.63, 3.8) is 0 Å². The molecule has 3 nitrogen and oxygen atoms in total. The Kier molecular flexibility index (Phi) is 5.78. The molecule has 136 valence electrons. The Hall–Kier alpha value is -2.53. The average Bonchev–Trinajstić information content (AvgIpc) is 3.47. The summed E-state index contributed by atoms with van der Waals surface area (Å²) in [4.78, 5) is 16.5. The number of hydrogen-bond donors (Lipinski definition) is 0. The molecule has 0 saturated heterocycles. The monoisotopic (exact) mass is 356 g/mol. The summed E-state index contributed by atoms with van der Waals surface area (Å²) in [5.41, 5.74) is 1.21. The van der Waals surface area contributed by atoms with E-state index in [-0.39, 0.29) is 18.5 Å². The molecule has 2 aromatic rings. The second kappa shape index (κ2) is 8.23. The standard InChI is InChI=1S/C21H22F2N2O/c1-2-12-25(19-6-4-3-5-7-19)21(26)15-24(18-10-11-18)14-16-8-9-17(22)13-20(16)23/h2-9,13,18H,1,10-12,14-15H2. The zero-order valence-electron chi connectivity index (χ0n) is 14.6. The lowest BCUT2D eigenvalue weighted by atomic mass is 10.2. The summed E-state index contributed by atoms with van der Waals surface area (Å²) in [7, 11) is 0. The smallest absolute Gasteiger partial charge is 0.241 e. The molecule has 26 heavy (non-hydrogen) atoms. The number of carbonyl (C=O) groups excluding carboxylic acids is 1. The summed E-state index contributed by atoms with van der Waals surface area (Å²) in [5, 5.41) is 0. The average molecular weight is 356 g/mol. The van der Waals surface area contributed by atoms with Crippen LogP contribution in [0.2, 0.25) is 0 Å². The number of benzene rings is 2. The van der Waals surface area contributed by atoms with Gasteiger partial charge in [0.15, 0.2) is 0 Å². The predicted octanol–water partition coefficient (Wildman–Crippen LogP) is 4.15. The lowest BCUT2D eigenvalue weighted by Gasteiger charge is -2.27. The predicted molar refractivity (Wildman–Crippen MR) is 98.8 cm³/mol. The first-order chi connectivity index (χ1) is 12.6. The van der Waals surface area contributed by atoms with Gasteiger partial charge in [0.2, 0.25) is 5.91 Å². The topological polar surface area (TPSA) is 23.6 Å². The van der Waals surface area contributed by atoms with Crippen LogP contribution in [0.25, 0.3) is 0 Å².